The van der Waals surface area contributed by atoms with Gasteiger partial charge < -0.3 is 14.7 Å². The van der Waals surface area contributed by atoms with Gasteiger partial charge >= 0.3 is 5.97 Å². The molecular formula is C21H29NO3. The number of hydrogen-bond donors (Lipinski definition) is 1. The van der Waals surface area contributed by atoms with Gasteiger partial charge in [-0.1, -0.05) is 30.3 Å². The fourth-order valence-corrected chi connectivity index (χ4v) is 5.53. The molecule has 0 radical (unpaired) electrons. The molecule has 4 rings (SSSR count). The largest absolute Gasteiger partial charge is 0.460 e. The second-order valence-electron chi connectivity index (χ2n) is 8.29. The molecule has 1 saturated heterocycles. The quantitative estimate of drug-likeness (QED) is 0.854. The highest BCUT2D eigenvalue weighted by Crippen LogP contribution is 2.51. The van der Waals surface area contributed by atoms with Crippen molar-refractivity contribution in [1.29, 1.82) is 0 Å². The summed E-state index contributed by atoms with van der Waals surface area (Å²) < 4.78 is 5.83. The van der Waals surface area contributed by atoms with Gasteiger partial charge in [0.05, 0.1) is 0 Å². The number of aliphatic hydroxyl groups is 1. The van der Waals surface area contributed by atoms with Gasteiger partial charge in [0, 0.05) is 19.0 Å². The van der Waals surface area contributed by atoms with Crippen LogP contribution >= 0.6 is 0 Å². The van der Waals surface area contributed by atoms with Crippen LogP contribution in [0, 0.1) is 17.8 Å². The molecule has 136 valence electrons. The molecule has 1 N–H and O–H groups in total. The maximum atomic E-state index is 13.2. The first-order valence-electron chi connectivity index (χ1n) is 9.76. The van der Waals surface area contributed by atoms with E-state index < -0.39 is 11.6 Å². The van der Waals surface area contributed by atoms with Crippen LogP contribution in [0.25, 0.3) is 0 Å². The van der Waals surface area contributed by atoms with Crippen molar-refractivity contribution in [3.8, 4) is 0 Å². The van der Waals surface area contributed by atoms with Crippen molar-refractivity contribution in [3.63, 3.8) is 0 Å². The first-order chi connectivity index (χ1) is 12.1. The lowest BCUT2D eigenvalue weighted by Gasteiger charge is -2.44. The second-order valence-corrected chi connectivity index (χ2v) is 8.29. The Kier molecular flexibility index (Phi) is 4.59. The summed E-state index contributed by atoms with van der Waals surface area (Å²) in [4.78, 5) is 15.6. The number of hydrogen-bond acceptors (Lipinski definition) is 4. The van der Waals surface area contributed by atoms with E-state index in [1.54, 1.807) is 0 Å². The molecular weight excluding hydrogens is 314 g/mol. The number of likely N-dealkylation sites (tertiary alicyclic amines) is 1. The Morgan fingerprint density at radius 2 is 1.68 bits per heavy atom. The molecule has 2 bridgehead atoms. The van der Waals surface area contributed by atoms with Crippen LogP contribution in [0.3, 0.4) is 0 Å². The summed E-state index contributed by atoms with van der Waals surface area (Å²) in [6.07, 6.45) is 6.24. The predicted octanol–water partition coefficient (Wildman–Crippen LogP) is 2.95. The number of ether oxygens (including phenoxy) is 1. The molecule has 4 nitrogen and oxygen atoms in total. The van der Waals surface area contributed by atoms with Gasteiger partial charge in [0.25, 0.3) is 0 Å². The van der Waals surface area contributed by atoms with E-state index in [0.717, 1.165) is 51.6 Å². The fourth-order valence-electron chi connectivity index (χ4n) is 5.53. The molecule has 1 aliphatic heterocycles. The highest BCUT2D eigenvalue weighted by molar-refractivity contribution is 5.82. The Bertz CT molecular complexity index is 599. The van der Waals surface area contributed by atoms with Crippen molar-refractivity contribution < 1.29 is 14.6 Å². The highest BCUT2D eigenvalue weighted by atomic mass is 16.6. The van der Waals surface area contributed by atoms with Crippen molar-refractivity contribution >= 4 is 5.97 Å². The zero-order valence-electron chi connectivity index (χ0n) is 15.1. The Labute approximate surface area is 150 Å². The van der Waals surface area contributed by atoms with E-state index >= 15 is 0 Å². The third kappa shape index (κ3) is 3.00. The van der Waals surface area contributed by atoms with E-state index in [2.05, 4.69) is 11.9 Å². The second kappa shape index (κ2) is 6.73. The Morgan fingerprint density at radius 1 is 1.08 bits per heavy atom. The third-order valence-electron chi connectivity index (χ3n) is 6.60. The molecule has 2 aliphatic carbocycles. The van der Waals surface area contributed by atoms with Crippen LogP contribution in [0.4, 0.5) is 0 Å². The minimum Gasteiger partial charge on any atom is -0.460 e. The molecule has 25 heavy (non-hydrogen) atoms. The summed E-state index contributed by atoms with van der Waals surface area (Å²) in [6, 6.07) is 9.50. The number of fused-ring (bicyclic) bond motifs is 2. The SMILES string of the molecule is CN1CC2CCC(C1)C2C(O)(C(=O)OC1CCCC1)c1ccccc1. The minimum atomic E-state index is -1.52. The number of carbonyl (C=O) groups is 1. The van der Waals surface area contributed by atoms with Gasteiger partial charge in [-0.05, 0) is 63.0 Å². The van der Waals surface area contributed by atoms with Crippen molar-refractivity contribution in [1.82, 2.24) is 4.90 Å². The standard InChI is InChI=1S/C21H29NO3/c1-22-13-15-11-12-16(14-22)19(15)21(24,17-7-3-2-4-8-17)20(23)25-18-9-5-6-10-18/h2-4,7-8,15-16,18-19,24H,5-6,9-14H2,1H3. The number of carbonyl (C=O) groups excluding carboxylic acids is 1. The number of nitrogens with zero attached hydrogens (tertiary/aromatic N) is 1. The fraction of sp³-hybridized carbons (Fsp3) is 0.667. The van der Waals surface area contributed by atoms with Crippen molar-refractivity contribution in [3.05, 3.63) is 35.9 Å². The first kappa shape index (κ1) is 17.0. The third-order valence-corrected chi connectivity index (χ3v) is 6.60. The molecule has 3 unspecified atom stereocenters. The summed E-state index contributed by atoms with van der Waals surface area (Å²) in [5, 5.41) is 11.8. The maximum absolute atomic E-state index is 13.2. The minimum absolute atomic E-state index is 0.0216. The number of esters is 1. The number of rotatable bonds is 4. The van der Waals surface area contributed by atoms with Crippen molar-refractivity contribution in [2.24, 2.45) is 17.8 Å². The van der Waals surface area contributed by atoms with Gasteiger partial charge in [-0.15, -0.1) is 0 Å². The molecule has 4 heteroatoms. The molecule has 3 fully saturated rings. The molecule has 0 aromatic heterocycles. The Morgan fingerprint density at radius 3 is 2.28 bits per heavy atom. The molecule has 1 aromatic rings. The summed E-state index contributed by atoms with van der Waals surface area (Å²) in [5.41, 5.74) is -0.818. The van der Waals surface area contributed by atoms with E-state index in [-0.39, 0.29) is 12.0 Å². The van der Waals surface area contributed by atoms with Gasteiger partial charge in [0.15, 0.2) is 5.60 Å². The molecule has 3 aliphatic rings. The van der Waals surface area contributed by atoms with E-state index in [4.69, 9.17) is 4.74 Å². The van der Waals surface area contributed by atoms with E-state index in [9.17, 15) is 9.90 Å². The summed E-state index contributed by atoms with van der Waals surface area (Å²) in [6.45, 7) is 1.90. The average molecular weight is 343 g/mol. The van der Waals surface area contributed by atoms with Crippen LogP contribution in [0.15, 0.2) is 30.3 Å². The van der Waals surface area contributed by atoms with Gasteiger partial charge in [0.1, 0.15) is 6.10 Å². The van der Waals surface area contributed by atoms with Crippen molar-refractivity contribution in [2.45, 2.75) is 50.2 Å². The summed E-state index contributed by atoms with van der Waals surface area (Å²) in [7, 11) is 2.14. The van der Waals surface area contributed by atoms with E-state index in [0.29, 0.717) is 17.4 Å². The van der Waals surface area contributed by atoms with Crippen LogP contribution in [-0.2, 0) is 15.1 Å². The molecule has 0 spiro atoms. The van der Waals surface area contributed by atoms with Gasteiger partial charge in [-0.3, -0.25) is 0 Å². The monoisotopic (exact) mass is 343 g/mol. The molecule has 3 atom stereocenters. The number of piperidine rings is 1. The van der Waals surface area contributed by atoms with E-state index in [1.807, 2.05) is 30.3 Å². The number of benzene rings is 1. The highest BCUT2D eigenvalue weighted by Gasteiger charge is 2.57. The lowest BCUT2D eigenvalue weighted by Crippen LogP contribution is -2.54. The van der Waals surface area contributed by atoms with Crippen LogP contribution < -0.4 is 0 Å². The molecule has 0 amide bonds. The lowest BCUT2D eigenvalue weighted by molar-refractivity contribution is -0.186. The topological polar surface area (TPSA) is 49.8 Å². The molecule has 2 saturated carbocycles. The zero-order valence-corrected chi connectivity index (χ0v) is 15.1. The smallest absolute Gasteiger partial charge is 0.343 e. The maximum Gasteiger partial charge on any atom is 0.343 e. The Balaban J connectivity index is 1.68. The summed E-state index contributed by atoms with van der Waals surface area (Å²) in [5.74, 6) is 0.243. The summed E-state index contributed by atoms with van der Waals surface area (Å²) >= 11 is 0. The normalized spacial score (nSPS) is 32.5. The molecule has 1 aromatic carbocycles. The first-order valence-corrected chi connectivity index (χ1v) is 9.76. The van der Waals surface area contributed by atoms with Crippen LogP contribution in [-0.4, -0.2) is 42.2 Å². The van der Waals surface area contributed by atoms with Crippen LogP contribution in [0.2, 0.25) is 0 Å². The van der Waals surface area contributed by atoms with Gasteiger partial charge in [0.2, 0.25) is 0 Å². The van der Waals surface area contributed by atoms with Crippen molar-refractivity contribution in [2.75, 3.05) is 20.1 Å². The lowest BCUT2D eigenvalue weighted by atomic mass is 9.70. The van der Waals surface area contributed by atoms with Crippen LogP contribution in [0.5, 0.6) is 0 Å². The Hall–Kier alpha value is -1.39. The van der Waals surface area contributed by atoms with Gasteiger partial charge in [-0.2, -0.15) is 0 Å². The zero-order chi connectivity index (χ0) is 17.4. The van der Waals surface area contributed by atoms with E-state index in [1.165, 1.54) is 0 Å². The van der Waals surface area contributed by atoms with Crippen LogP contribution in [0.1, 0.15) is 44.1 Å². The predicted molar refractivity (Wildman–Crippen MR) is 95.9 cm³/mol. The molecule has 1 heterocycles. The average Bonchev–Trinajstić information content (AvgIpc) is 3.21. The van der Waals surface area contributed by atoms with Gasteiger partial charge in [-0.25, -0.2) is 4.79 Å².